The van der Waals surface area contributed by atoms with Gasteiger partial charge in [0.15, 0.2) is 0 Å². The molecule has 1 amide bonds. The fourth-order valence-electron chi connectivity index (χ4n) is 1.79. The maximum atomic E-state index is 11.6. The van der Waals surface area contributed by atoms with E-state index in [1.807, 2.05) is 31.2 Å². The molecule has 0 aliphatic heterocycles. The summed E-state index contributed by atoms with van der Waals surface area (Å²) in [6, 6.07) is 7.55. The molecule has 5 heteroatoms. The Morgan fingerprint density at radius 2 is 1.95 bits per heavy atom. The zero-order valence-corrected chi connectivity index (χ0v) is 11.6. The van der Waals surface area contributed by atoms with Crippen LogP contribution in [0.4, 0.5) is 0 Å². The van der Waals surface area contributed by atoms with Gasteiger partial charge in [-0.25, -0.2) is 0 Å². The van der Waals surface area contributed by atoms with E-state index >= 15 is 0 Å². The minimum atomic E-state index is -0.908. The zero-order valence-electron chi connectivity index (χ0n) is 10.9. The second-order valence-electron chi connectivity index (χ2n) is 4.63. The van der Waals surface area contributed by atoms with E-state index in [9.17, 15) is 9.59 Å². The predicted octanol–water partition coefficient (Wildman–Crippen LogP) is 2.50. The molecular formula is C14H18ClNO3. The number of carboxylic acids is 1. The van der Waals surface area contributed by atoms with Gasteiger partial charge in [-0.15, -0.1) is 0 Å². The summed E-state index contributed by atoms with van der Waals surface area (Å²) in [5.74, 6) is -0.816. The van der Waals surface area contributed by atoms with E-state index in [-0.39, 0.29) is 24.8 Å². The highest BCUT2D eigenvalue weighted by atomic mass is 35.5. The molecule has 1 unspecified atom stereocenters. The Bertz CT molecular complexity index is 431. The van der Waals surface area contributed by atoms with Crippen LogP contribution in [0.25, 0.3) is 0 Å². The molecule has 0 saturated carbocycles. The molecule has 0 aliphatic carbocycles. The van der Waals surface area contributed by atoms with Gasteiger partial charge in [0.2, 0.25) is 5.91 Å². The fourth-order valence-corrected chi connectivity index (χ4v) is 1.92. The number of carboxylic acid groups (broad SMARTS) is 1. The molecular weight excluding hydrogens is 266 g/mol. The first-order valence-corrected chi connectivity index (χ1v) is 6.58. The van der Waals surface area contributed by atoms with E-state index in [1.165, 1.54) is 0 Å². The Labute approximate surface area is 117 Å². The standard InChI is InChI=1S/C14H18ClNO3/c1-10(8-11-2-4-12(15)5-3-11)9-13(17)16-7-6-14(18)19/h2-5,10H,6-9H2,1H3,(H,16,17)(H,18,19). The number of amides is 1. The molecule has 0 fully saturated rings. The number of rotatable bonds is 7. The van der Waals surface area contributed by atoms with Crippen LogP contribution in [0.1, 0.15) is 25.3 Å². The van der Waals surface area contributed by atoms with Crippen LogP contribution < -0.4 is 5.32 Å². The maximum Gasteiger partial charge on any atom is 0.305 e. The molecule has 0 saturated heterocycles. The number of benzene rings is 1. The summed E-state index contributed by atoms with van der Waals surface area (Å²) in [5.41, 5.74) is 1.13. The van der Waals surface area contributed by atoms with Gasteiger partial charge in [-0.3, -0.25) is 9.59 Å². The summed E-state index contributed by atoms with van der Waals surface area (Å²) in [6.45, 7) is 2.17. The molecule has 2 N–H and O–H groups in total. The molecule has 0 bridgehead atoms. The van der Waals surface area contributed by atoms with Crippen molar-refractivity contribution < 1.29 is 14.7 Å². The predicted molar refractivity (Wildman–Crippen MR) is 74.2 cm³/mol. The fraction of sp³-hybridized carbons (Fsp3) is 0.429. The van der Waals surface area contributed by atoms with Gasteiger partial charge in [0.25, 0.3) is 0 Å². The van der Waals surface area contributed by atoms with Crippen molar-refractivity contribution in [2.75, 3.05) is 6.54 Å². The number of nitrogens with one attached hydrogen (secondary N) is 1. The molecule has 1 aromatic rings. The Morgan fingerprint density at radius 3 is 2.53 bits per heavy atom. The number of aliphatic carboxylic acids is 1. The molecule has 0 spiro atoms. The second kappa shape index (κ2) is 7.79. The van der Waals surface area contributed by atoms with Crippen molar-refractivity contribution in [2.24, 2.45) is 5.92 Å². The van der Waals surface area contributed by atoms with Crippen molar-refractivity contribution in [3.63, 3.8) is 0 Å². The second-order valence-corrected chi connectivity index (χ2v) is 5.07. The van der Waals surface area contributed by atoms with E-state index < -0.39 is 5.97 Å². The van der Waals surface area contributed by atoms with Crippen LogP contribution >= 0.6 is 11.6 Å². The van der Waals surface area contributed by atoms with Crippen molar-refractivity contribution >= 4 is 23.5 Å². The van der Waals surface area contributed by atoms with E-state index in [0.717, 1.165) is 12.0 Å². The highest BCUT2D eigenvalue weighted by molar-refractivity contribution is 6.30. The highest BCUT2D eigenvalue weighted by Crippen LogP contribution is 2.15. The Kier molecular flexibility index (Phi) is 6.36. The third kappa shape index (κ3) is 6.82. The van der Waals surface area contributed by atoms with Crippen LogP contribution in [0.3, 0.4) is 0 Å². The summed E-state index contributed by atoms with van der Waals surface area (Å²) in [7, 11) is 0. The van der Waals surface area contributed by atoms with Crippen molar-refractivity contribution in [2.45, 2.75) is 26.2 Å². The summed E-state index contributed by atoms with van der Waals surface area (Å²) < 4.78 is 0. The largest absolute Gasteiger partial charge is 0.481 e. The molecule has 0 radical (unpaired) electrons. The van der Waals surface area contributed by atoms with Gasteiger partial charge in [-0.2, -0.15) is 0 Å². The number of hydrogen-bond donors (Lipinski definition) is 2. The van der Waals surface area contributed by atoms with Gasteiger partial charge >= 0.3 is 5.97 Å². The van der Waals surface area contributed by atoms with Crippen LogP contribution in [0.2, 0.25) is 5.02 Å². The summed E-state index contributed by atoms with van der Waals surface area (Å²) in [5, 5.41) is 11.8. The lowest BCUT2D eigenvalue weighted by Crippen LogP contribution is -2.27. The van der Waals surface area contributed by atoms with Gasteiger partial charge in [0.05, 0.1) is 6.42 Å². The van der Waals surface area contributed by atoms with E-state index in [4.69, 9.17) is 16.7 Å². The third-order valence-electron chi connectivity index (χ3n) is 2.69. The van der Waals surface area contributed by atoms with Crippen molar-refractivity contribution in [1.29, 1.82) is 0 Å². The Balaban J connectivity index is 2.30. The van der Waals surface area contributed by atoms with Crippen molar-refractivity contribution in [3.05, 3.63) is 34.9 Å². The van der Waals surface area contributed by atoms with Crippen LogP contribution in [0, 0.1) is 5.92 Å². The normalized spacial score (nSPS) is 11.9. The molecule has 104 valence electrons. The third-order valence-corrected chi connectivity index (χ3v) is 2.94. The van der Waals surface area contributed by atoms with Crippen LogP contribution in [-0.4, -0.2) is 23.5 Å². The number of carbonyl (C=O) groups excluding carboxylic acids is 1. The van der Waals surface area contributed by atoms with Crippen molar-refractivity contribution in [1.82, 2.24) is 5.32 Å². The molecule has 1 rings (SSSR count). The maximum absolute atomic E-state index is 11.6. The van der Waals surface area contributed by atoms with Gasteiger partial charge in [0, 0.05) is 18.0 Å². The molecule has 19 heavy (non-hydrogen) atoms. The molecule has 0 heterocycles. The van der Waals surface area contributed by atoms with E-state index in [1.54, 1.807) is 0 Å². The quantitative estimate of drug-likeness (QED) is 0.808. The molecule has 0 aromatic heterocycles. The lowest BCUT2D eigenvalue weighted by molar-refractivity contribution is -0.136. The summed E-state index contributed by atoms with van der Waals surface area (Å²) >= 11 is 5.80. The van der Waals surface area contributed by atoms with Gasteiger partial charge in [-0.1, -0.05) is 30.7 Å². The average molecular weight is 284 g/mol. The topological polar surface area (TPSA) is 66.4 Å². The first kappa shape index (κ1) is 15.5. The molecule has 4 nitrogen and oxygen atoms in total. The minimum absolute atomic E-state index is 0.0443. The minimum Gasteiger partial charge on any atom is -0.481 e. The van der Waals surface area contributed by atoms with Crippen molar-refractivity contribution in [3.8, 4) is 0 Å². The van der Waals surface area contributed by atoms with Gasteiger partial charge in [-0.05, 0) is 30.0 Å². The van der Waals surface area contributed by atoms with E-state index in [2.05, 4.69) is 5.32 Å². The van der Waals surface area contributed by atoms with Crippen LogP contribution in [-0.2, 0) is 16.0 Å². The first-order chi connectivity index (χ1) is 8.97. The van der Waals surface area contributed by atoms with Gasteiger partial charge in [0.1, 0.15) is 0 Å². The first-order valence-electron chi connectivity index (χ1n) is 6.20. The zero-order chi connectivity index (χ0) is 14.3. The molecule has 1 atom stereocenters. The monoisotopic (exact) mass is 283 g/mol. The van der Waals surface area contributed by atoms with Crippen LogP contribution in [0.5, 0.6) is 0 Å². The summed E-state index contributed by atoms with van der Waals surface area (Å²) in [4.78, 5) is 21.9. The SMILES string of the molecule is CC(CC(=O)NCCC(=O)O)Cc1ccc(Cl)cc1. The van der Waals surface area contributed by atoms with Crippen LogP contribution in [0.15, 0.2) is 24.3 Å². The van der Waals surface area contributed by atoms with Gasteiger partial charge < -0.3 is 10.4 Å². The smallest absolute Gasteiger partial charge is 0.305 e. The highest BCUT2D eigenvalue weighted by Gasteiger charge is 2.10. The van der Waals surface area contributed by atoms with E-state index in [0.29, 0.717) is 11.4 Å². The molecule has 1 aromatic carbocycles. The Morgan fingerprint density at radius 1 is 1.32 bits per heavy atom. The number of hydrogen-bond acceptors (Lipinski definition) is 2. The number of carbonyl (C=O) groups is 2. The summed E-state index contributed by atoms with van der Waals surface area (Å²) in [6.07, 6.45) is 1.14. The Hall–Kier alpha value is -1.55. The lowest BCUT2D eigenvalue weighted by Gasteiger charge is -2.11. The lowest BCUT2D eigenvalue weighted by atomic mass is 9.98. The molecule has 0 aliphatic rings. The number of halogens is 1. The average Bonchev–Trinajstić information content (AvgIpc) is 2.31.